The van der Waals surface area contributed by atoms with Gasteiger partial charge in [-0.1, -0.05) is 72.3 Å². The van der Waals surface area contributed by atoms with Gasteiger partial charge in [-0.25, -0.2) is 0 Å². The standard InChI is InChI=1S/C23H24ClNO2.ClH/c1-26-22-15-20(16-25-13-12-18-8-4-2-5-9-18)14-21(24)23(22)27-17-19-10-6-3-7-11-19;/h2-11,14-15,25H,12-13,16-17H2,1H3;1H. The van der Waals surface area contributed by atoms with Crippen LogP contribution in [0.5, 0.6) is 11.5 Å². The number of halogens is 2. The van der Waals surface area contributed by atoms with E-state index in [0.717, 1.165) is 30.6 Å². The first-order valence-electron chi connectivity index (χ1n) is 9.04. The summed E-state index contributed by atoms with van der Waals surface area (Å²) >= 11 is 6.46. The summed E-state index contributed by atoms with van der Waals surface area (Å²) < 4.78 is 11.4. The first-order valence-corrected chi connectivity index (χ1v) is 9.42. The maximum Gasteiger partial charge on any atom is 0.180 e. The van der Waals surface area contributed by atoms with Gasteiger partial charge in [-0.2, -0.15) is 0 Å². The van der Waals surface area contributed by atoms with Crippen LogP contribution in [0.3, 0.4) is 0 Å². The lowest BCUT2D eigenvalue weighted by molar-refractivity contribution is 0.284. The van der Waals surface area contributed by atoms with Crippen molar-refractivity contribution >= 4 is 24.0 Å². The number of rotatable bonds is 9. The molecule has 0 spiro atoms. The van der Waals surface area contributed by atoms with Crippen LogP contribution >= 0.6 is 24.0 Å². The normalized spacial score (nSPS) is 10.2. The molecular weight excluding hydrogens is 393 g/mol. The summed E-state index contributed by atoms with van der Waals surface area (Å²) in [7, 11) is 1.63. The van der Waals surface area contributed by atoms with E-state index in [0.29, 0.717) is 23.1 Å². The van der Waals surface area contributed by atoms with Crippen molar-refractivity contribution in [1.29, 1.82) is 0 Å². The number of methoxy groups -OCH3 is 1. The minimum Gasteiger partial charge on any atom is -0.493 e. The zero-order chi connectivity index (χ0) is 18.9. The third-order valence-electron chi connectivity index (χ3n) is 4.28. The van der Waals surface area contributed by atoms with Gasteiger partial charge < -0.3 is 14.8 Å². The molecule has 28 heavy (non-hydrogen) atoms. The fraction of sp³-hybridized carbons (Fsp3) is 0.217. The summed E-state index contributed by atoms with van der Waals surface area (Å²) in [4.78, 5) is 0. The second kappa shape index (κ2) is 11.6. The first kappa shape index (κ1) is 22.1. The Morgan fingerprint density at radius 2 is 1.50 bits per heavy atom. The number of hydrogen-bond acceptors (Lipinski definition) is 3. The Balaban J connectivity index is 0.00000280. The van der Waals surface area contributed by atoms with Gasteiger partial charge in [0.2, 0.25) is 0 Å². The highest BCUT2D eigenvalue weighted by Gasteiger charge is 2.12. The molecule has 0 saturated heterocycles. The smallest absolute Gasteiger partial charge is 0.180 e. The molecule has 0 radical (unpaired) electrons. The highest BCUT2D eigenvalue weighted by atomic mass is 35.5. The average molecular weight is 418 g/mol. The SMILES string of the molecule is COc1cc(CNCCc2ccccc2)cc(Cl)c1OCc1ccccc1.Cl. The summed E-state index contributed by atoms with van der Waals surface area (Å²) in [6.45, 7) is 2.07. The van der Waals surface area contributed by atoms with Crippen molar-refractivity contribution in [2.24, 2.45) is 0 Å². The maximum absolute atomic E-state index is 6.46. The Morgan fingerprint density at radius 3 is 2.14 bits per heavy atom. The van der Waals surface area contributed by atoms with Gasteiger partial charge >= 0.3 is 0 Å². The molecule has 3 aromatic carbocycles. The fourth-order valence-electron chi connectivity index (χ4n) is 2.86. The van der Waals surface area contributed by atoms with E-state index in [2.05, 4.69) is 29.6 Å². The molecule has 1 N–H and O–H groups in total. The van der Waals surface area contributed by atoms with Crippen LogP contribution in [0.1, 0.15) is 16.7 Å². The molecule has 0 bridgehead atoms. The van der Waals surface area contributed by atoms with E-state index >= 15 is 0 Å². The Bertz CT molecular complexity index is 842. The van der Waals surface area contributed by atoms with Gasteiger partial charge in [0, 0.05) is 6.54 Å². The van der Waals surface area contributed by atoms with Crippen LogP contribution in [0.4, 0.5) is 0 Å². The molecule has 0 aliphatic rings. The number of nitrogens with one attached hydrogen (secondary N) is 1. The quantitative estimate of drug-likeness (QED) is 0.454. The molecule has 0 aliphatic heterocycles. The number of benzene rings is 3. The lowest BCUT2D eigenvalue weighted by Gasteiger charge is -2.15. The van der Waals surface area contributed by atoms with Crippen LogP contribution in [0.2, 0.25) is 5.02 Å². The van der Waals surface area contributed by atoms with Crippen LogP contribution < -0.4 is 14.8 Å². The van der Waals surface area contributed by atoms with Gasteiger partial charge in [-0.3, -0.25) is 0 Å². The summed E-state index contributed by atoms with van der Waals surface area (Å²) in [5, 5.41) is 4.01. The van der Waals surface area contributed by atoms with Crippen LogP contribution in [0, 0.1) is 0 Å². The van der Waals surface area contributed by atoms with Crippen LogP contribution in [-0.4, -0.2) is 13.7 Å². The molecule has 3 nitrogen and oxygen atoms in total. The highest BCUT2D eigenvalue weighted by Crippen LogP contribution is 2.37. The molecule has 0 atom stereocenters. The molecule has 0 saturated carbocycles. The van der Waals surface area contributed by atoms with Crippen molar-refractivity contribution in [3.63, 3.8) is 0 Å². The van der Waals surface area contributed by atoms with E-state index in [1.54, 1.807) is 7.11 Å². The second-order valence-electron chi connectivity index (χ2n) is 6.30. The van der Waals surface area contributed by atoms with E-state index in [1.165, 1.54) is 5.56 Å². The van der Waals surface area contributed by atoms with Crippen LogP contribution in [0.15, 0.2) is 72.8 Å². The van der Waals surface area contributed by atoms with Crippen molar-refractivity contribution < 1.29 is 9.47 Å². The van der Waals surface area contributed by atoms with Crippen molar-refractivity contribution in [3.05, 3.63) is 94.5 Å². The molecule has 0 aliphatic carbocycles. The van der Waals surface area contributed by atoms with Gasteiger partial charge in [0.05, 0.1) is 12.1 Å². The lowest BCUT2D eigenvalue weighted by atomic mass is 10.1. The zero-order valence-electron chi connectivity index (χ0n) is 15.9. The molecule has 3 rings (SSSR count). The van der Waals surface area contributed by atoms with Gasteiger partial charge in [0.25, 0.3) is 0 Å². The molecule has 5 heteroatoms. The molecule has 0 heterocycles. The van der Waals surface area contributed by atoms with Crippen molar-refractivity contribution in [2.75, 3.05) is 13.7 Å². The predicted molar refractivity (Wildman–Crippen MR) is 118 cm³/mol. The molecule has 3 aromatic rings. The Labute approximate surface area is 178 Å². The van der Waals surface area contributed by atoms with E-state index in [4.69, 9.17) is 21.1 Å². The monoisotopic (exact) mass is 417 g/mol. The molecule has 0 aromatic heterocycles. The second-order valence-corrected chi connectivity index (χ2v) is 6.70. The van der Waals surface area contributed by atoms with Crippen molar-refractivity contribution in [2.45, 2.75) is 19.6 Å². The van der Waals surface area contributed by atoms with E-state index in [-0.39, 0.29) is 12.4 Å². The molecular formula is C23H25Cl2NO2. The van der Waals surface area contributed by atoms with Gasteiger partial charge in [-0.15, -0.1) is 12.4 Å². The summed E-state index contributed by atoms with van der Waals surface area (Å²) in [5.41, 5.74) is 3.48. The Morgan fingerprint density at radius 1 is 0.857 bits per heavy atom. The molecule has 0 unspecified atom stereocenters. The van der Waals surface area contributed by atoms with E-state index in [9.17, 15) is 0 Å². The van der Waals surface area contributed by atoms with Gasteiger partial charge in [0.1, 0.15) is 6.61 Å². The largest absolute Gasteiger partial charge is 0.493 e. The summed E-state index contributed by atoms with van der Waals surface area (Å²) in [6.07, 6.45) is 0.990. The van der Waals surface area contributed by atoms with Crippen LogP contribution in [-0.2, 0) is 19.6 Å². The lowest BCUT2D eigenvalue weighted by Crippen LogP contribution is -2.16. The van der Waals surface area contributed by atoms with Crippen molar-refractivity contribution in [1.82, 2.24) is 5.32 Å². The minimum absolute atomic E-state index is 0. The predicted octanol–water partition coefficient (Wildman–Crippen LogP) is 5.68. The molecule has 0 fully saturated rings. The highest BCUT2D eigenvalue weighted by molar-refractivity contribution is 6.32. The zero-order valence-corrected chi connectivity index (χ0v) is 17.4. The van der Waals surface area contributed by atoms with E-state index in [1.807, 2.05) is 48.5 Å². The Kier molecular flexibility index (Phi) is 9.15. The molecule has 148 valence electrons. The Hall–Kier alpha value is -2.20. The minimum atomic E-state index is 0. The van der Waals surface area contributed by atoms with Crippen molar-refractivity contribution in [3.8, 4) is 11.5 Å². The third kappa shape index (κ3) is 6.45. The third-order valence-corrected chi connectivity index (χ3v) is 4.56. The van der Waals surface area contributed by atoms with E-state index < -0.39 is 0 Å². The van der Waals surface area contributed by atoms with Crippen LogP contribution in [0.25, 0.3) is 0 Å². The maximum atomic E-state index is 6.46. The first-order chi connectivity index (χ1) is 13.3. The van der Waals surface area contributed by atoms with Gasteiger partial charge in [0.15, 0.2) is 11.5 Å². The fourth-order valence-corrected chi connectivity index (χ4v) is 3.14. The average Bonchev–Trinajstić information content (AvgIpc) is 2.71. The van der Waals surface area contributed by atoms with Gasteiger partial charge in [-0.05, 0) is 41.8 Å². The number of hydrogen-bond donors (Lipinski definition) is 1. The summed E-state index contributed by atoms with van der Waals surface area (Å²) in [6, 6.07) is 24.3. The number of ether oxygens (including phenoxy) is 2. The summed E-state index contributed by atoms with van der Waals surface area (Å²) in [5.74, 6) is 1.23. The topological polar surface area (TPSA) is 30.5 Å². The molecule has 0 amide bonds.